The lowest BCUT2D eigenvalue weighted by Gasteiger charge is -2.47. The molecule has 0 radical (unpaired) electrons. The number of hydrogen-bond acceptors (Lipinski definition) is 5. The number of amides is 1. The topological polar surface area (TPSA) is 95.7 Å². The Morgan fingerprint density at radius 1 is 1.21 bits per heavy atom. The van der Waals surface area contributed by atoms with E-state index in [9.17, 15) is 19.8 Å². The summed E-state index contributed by atoms with van der Waals surface area (Å²) in [6.07, 6.45) is 0.393. The smallest absolute Gasteiger partial charge is 0.270 e. The van der Waals surface area contributed by atoms with Crippen LogP contribution in [0.4, 0.5) is 0 Å². The van der Waals surface area contributed by atoms with E-state index in [2.05, 4.69) is 11.9 Å². The first-order valence-electron chi connectivity index (χ1n) is 9.30. The fourth-order valence-corrected chi connectivity index (χ4v) is 3.54. The lowest BCUT2D eigenvalue weighted by molar-refractivity contribution is 0.0122. The third-order valence-electron chi connectivity index (χ3n) is 5.64. The maximum absolute atomic E-state index is 12.9. The quantitative estimate of drug-likeness (QED) is 0.733. The molecule has 28 heavy (non-hydrogen) atoms. The Hall–Kier alpha value is -2.51. The van der Waals surface area contributed by atoms with Gasteiger partial charge in [0.1, 0.15) is 11.8 Å². The van der Waals surface area contributed by atoms with Crippen molar-refractivity contribution in [3.63, 3.8) is 0 Å². The van der Waals surface area contributed by atoms with E-state index in [1.807, 2.05) is 18.2 Å². The molecule has 0 spiro atoms. The third kappa shape index (κ3) is 3.36. The molecule has 3 rings (SSSR count). The summed E-state index contributed by atoms with van der Waals surface area (Å²) in [5.41, 5.74) is 0.442. The van der Waals surface area contributed by atoms with Crippen LogP contribution in [0.2, 0.25) is 0 Å². The minimum atomic E-state index is -1.36. The summed E-state index contributed by atoms with van der Waals surface area (Å²) >= 11 is 0. The second kappa shape index (κ2) is 7.14. The van der Waals surface area contributed by atoms with Crippen molar-refractivity contribution in [2.75, 3.05) is 19.7 Å². The average molecular weight is 385 g/mol. The summed E-state index contributed by atoms with van der Waals surface area (Å²) in [5.74, 6) is -0.673. The van der Waals surface area contributed by atoms with E-state index in [1.54, 1.807) is 44.1 Å². The monoisotopic (exact) mass is 385 g/mol. The Morgan fingerprint density at radius 3 is 2.43 bits per heavy atom. The van der Waals surface area contributed by atoms with Gasteiger partial charge in [0.15, 0.2) is 0 Å². The number of nitrogens with zero attached hydrogens (tertiary/aromatic N) is 3. The third-order valence-corrected chi connectivity index (χ3v) is 5.64. The van der Waals surface area contributed by atoms with Gasteiger partial charge >= 0.3 is 0 Å². The van der Waals surface area contributed by atoms with Gasteiger partial charge in [-0.15, -0.1) is 0 Å². The second-order valence-electron chi connectivity index (χ2n) is 8.51. The average Bonchev–Trinajstić information content (AvgIpc) is 3.05. The van der Waals surface area contributed by atoms with Gasteiger partial charge in [-0.2, -0.15) is 0 Å². The van der Waals surface area contributed by atoms with E-state index < -0.39 is 17.3 Å². The molecule has 0 bridgehead atoms. The molecule has 1 amide bonds. The van der Waals surface area contributed by atoms with Gasteiger partial charge in [0.2, 0.25) is 5.78 Å². The number of hydrogen-bond donors (Lipinski definition) is 2. The molecular weight excluding hydrogens is 358 g/mol. The molecule has 2 N–H and O–H groups in total. The van der Waals surface area contributed by atoms with Crippen molar-refractivity contribution in [3.8, 4) is 0 Å². The molecule has 0 aliphatic carbocycles. The van der Waals surface area contributed by atoms with Crippen LogP contribution in [0.5, 0.6) is 0 Å². The first-order valence-corrected chi connectivity index (χ1v) is 9.30. The molecule has 3 heterocycles. The van der Waals surface area contributed by atoms with E-state index in [0.29, 0.717) is 18.8 Å². The molecule has 2 aromatic rings. The first-order chi connectivity index (χ1) is 13.1. The molecule has 2 aromatic heterocycles. The summed E-state index contributed by atoms with van der Waals surface area (Å²) in [6.45, 7) is 6.09. The van der Waals surface area contributed by atoms with Crippen LogP contribution in [0.25, 0.3) is 0 Å². The maximum Gasteiger partial charge on any atom is 0.270 e. The molecule has 0 aromatic carbocycles. The number of aliphatic hydroxyl groups excluding tert-OH is 2. The van der Waals surface area contributed by atoms with Gasteiger partial charge < -0.3 is 19.7 Å². The predicted octanol–water partition coefficient (Wildman–Crippen LogP) is 1.40. The van der Waals surface area contributed by atoms with Crippen molar-refractivity contribution in [2.45, 2.75) is 32.3 Å². The van der Waals surface area contributed by atoms with Gasteiger partial charge in [0.05, 0.1) is 12.3 Å². The fraction of sp³-hybridized carbons (Fsp3) is 0.476. The van der Waals surface area contributed by atoms with Gasteiger partial charge in [-0.1, -0.05) is 26.8 Å². The van der Waals surface area contributed by atoms with Crippen LogP contribution >= 0.6 is 0 Å². The Balaban J connectivity index is 1.74. The highest BCUT2D eigenvalue weighted by molar-refractivity contribution is 6.01. The number of rotatable bonds is 6. The summed E-state index contributed by atoms with van der Waals surface area (Å²) in [5, 5.41) is 19.7. The highest BCUT2D eigenvalue weighted by atomic mass is 16.3. The lowest BCUT2D eigenvalue weighted by atomic mass is 9.78. The minimum Gasteiger partial charge on any atom is -0.396 e. The molecule has 1 aliphatic heterocycles. The molecular formula is C21H27N3O4. The minimum absolute atomic E-state index is 0.161. The van der Waals surface area contributed by atoms with E-state index in [-0.39, 0.29) is 23.6 Å². The number of carbonyl (C=O) groups excluding carboxylic acids is 2. The lowest BCUT2D eigenvalue weighted by Crippen LogP contribution is -2.60. The number of ketones is 1. The summed E-state index contributed by atoms with van der Waals surface area (Å²) in [7, 11) is 1.64. The zero-order valence-corrected chi connectivity index (χ0v) is 16.7. The molecule has 7 nitrogen and oxygen atoms in total. The zero-order valence-electron chi connectivity index (χ0n) is 16.7. The standard InChI is InChI=1S/C21H27N3O4/c1-20(2,13-25)18(27)17(26)14-8-9-15(23(14)4)19(28)24-11-21(3,12-24)16-7-5-6-10-22-16/h5-10,18,25,27H,11-13H2,1-4H3/t18-/m0/s1. The molecule has 7 heteroatoms. The molecule has 0 unspecified atom stereocenters. The highest BCUT2D eigenvalue weighted by Crippen LogP contribution is 2.34. The molecule has 1 atom stereocenters. The van der Waals surface area contributed by atoms with E-state index >= 15 is 0 Å². The number of aromatic nitrogens is 2. The van der Waals surface area contributed by atoms with E-state index in [4.69, 9.17) is 0 Å². The summed E-state index contributed by atoms with van der Waals surface area (Å²) in [6, 6.07) is 8.91. The van der Waals surface area contributed by atoms with E-state index in [1.165, 1.54) is 4.57 Å². The zero-order chi connectivity index (χ0) is 20.7. The number of pyridine rings is 1. The number of carbonyl (C=O) groups is 2. The first kappa shape index (κ1) is 20.2. The molecule has 1 aliphatic rings. The van der Waals surface area contributed by atoms with Crippen molar-refractivity contribution >= 4 is 11.7 Å². The molecule has 1 saturated heterocycles. The number of aliphatic hydroxyl groups is 2. The van der Waals surface area contributed by atoms with Crippen LogP contribution in [-0.4, -0.2) is 62.2 Å². The van der Waals surface area contributed by atoms with Gasteiger partial charge in [-0.05, 0) is 24.3 Å². The van der Waals surface area contributed by atoms with Crippen LogP contribution in [0, 0.1) is 5.41 Å². The van der Waals surface area contributed by atoms with Gasteiger partial charge in [-0.25, -0.2) is 0 Å². The van der Waals surface area contributed by atoms with Crippen molar-refractivity contribution in [1.29, 1.82) is 0 Å². The number of likely N-dealkylation sites (tertiary alicyclic amines) is 1. The SMILES string of the molecule is Cn1c(C(=O)[C@H](O)C(C)(C)CO)ccc1C(=O)N1CC(C)(c2ccccn2)C1. The Morgan fingerprint density at radius 2 is 1.86 bits per heavy atom. The van der Waals surface area contributed by atoms with E-state index in [0.717, 1.165) is 5.69 Å². The van der Waals surface area contributed by atoms with Gasteiger partial charge in [0, 0.05) is 42.9 Å². The second-order valence-corrected chi connectivity index (χ2v) is 8.51. The summed E-state index contributed by atoms with van der Waals surface area (Å²) in [4.78, 5) is 31.7. The van der Waals surface area contributed by atoms with Crippen LogP contribution in [0.1, 0.15) is 47.4 Å². The largest absolute Gasteiger partial charge is 0.396 e. The normalized spacial score (nSPS) is 17.1. The van der Waals surface area contributed by atoms with Crippen molar-refractivity contribution in [3.05, 3.63) is 53.6 Å². The molecule has 150 valence electrons. The maximum atomic E-state index is 12.9. The Kier molecular flexibility index (Phi) is 5.16. The number of Topliss-reactive ketones (excluding diaryl/α,β-unsaturated/α-hetero) is 1. The van der Waals surface area contributed by atoms with Crippen LogP contribution in [0.15, 0.2) is 36.5 Å². The van der Waals surface area contributed by atoms with Gasteiger partial charge in [-0.3, -0.25) is 14.6 Å². The van der Waals surface area contributed by atoms with Gasteiger partial charge in [0.25, 0.3) is 5.91 Å². The van der Waals surface area contributed by atoms with Crippen molar-refractivity contribution in [2.24, 2.45) is 12.5 Å². The molecule has 1 fully saturated rings. The van der Waals surface area contributed by atoms with Crippen LogP contribution < -0.4 is 0 Å². The Labute approximate surface area is 164 Å². The van der Waals surface area contributed by atoms with Crippen LogP contribution in [-0.2, 0) is 12.5 Å². The predicted molar refractivity (Wildman–Crippen MR) is 104 cm³/mol. The highest BCUT2D eigenvalue weighted by Gasteiger charge is 2.44. The Bertz CT molecular complexity index is 882. The fourth-order valence-electron chi connectivity index (χ4n) is 3.54. The molecule has 0 saturated carbocycles. The van der Waals surface area contributed by atoms with Crippen molar-refractivity contribution in [1.82, 2.24) is 14.5 Å². The van der Waals surface area contributed by atoms with Crippen LogP contribution in [0.3, 0.4) is 0 Å². The van der Waals surface area contributed by atoms with Crippen molar-refractivity contribution < 1.29 is 19.8 Å². The summed E-state index contributed by atoms with van der Waals surface area (Å²) < 4.78 is 1.51.